The topological polar surface area (TPSA) is 63.6 Å². The van der Waals surface area contributed by atoms with Gasteiger partial charge in [-0.1, -0.05) is 76.6 Å². The number of ether oxygens (including phenoxy) is 1. The number of methoxy groups -OCH3 is 1. The molecule has 0 amide bonds. The van der Waals surface area contributed by atoms with Crippen LogP contribution in [0, 0.1) is 0 Å². The minimum Gasteiger partial charge on any atom is -0.466 e. The number of carbonyl (C=O) groups excluding carboxylic acids is 2. The minimum absolute atomic E-state index is 0.248. The second-order valence-electron chi connectivity index (χ2n) is 5.11. The lowest BCUT2D eigenvalue weighted by atomic mass is 9.87. The third-order valence-electron chi connectivity index (χ3n) is 3.59. The van der Waals surface area contributed by atoms with Gasteiger partial charge in [-0.2, -0.15) is 0 Å². The van der Waals surface area contributed by atoms with E-state index in [4.69, 9.17) is 0 Å². The predicted molar refractivity (Wildman–Crippen MR) is 90.6 cm³/mol. The summed E-state index contributed by atoms with van der Waals surface area (Å²) in [6.45, 7) is 0. The van der Waals surface area contributed by atoms with E-state index in [0.29, 0.717) is 6.42 Å². The summed E-state index contributed by atoms with van der Waals surface area (Å²) >= 11 is 3.30. The largest absolute Gasteiger partial charge is 0.466 e. The Kier molecular flexibility index (Phi) is 5.69. The van der Waals surface area contributed by atoms with Crippen LogP contribution in [0.2, 0.25) is 0 Å². The Balaban J connectivity index is 2.35. The molecular formula is C18H17BrO4. The monoisotopic (exact) mass is 376 g/mol. The lowest BCUT2D eigenvalue weighted by molar-refractivity contribution is -0.156. The fourth-order valence-corrected chi connectivity index (χ4v) is 3.07. The van der Waals surface area contributed by atoms with Crippen molar-refractivity contribution in [2.75, 3.05) is 7.11 Å². The molecule has 1 N–H and O–H groups in total. The maximum absolute atomic E-state index is 12.7. The first-order valence-electron chi connectivity index (χ1n) is 7.08. The lowest BCUT2D eigenvalue weighted by Crippen LogP contribution is -2.55. The molecule has 0 spiro atoms. The molecule has 0 aliphatic rings. The lowest BCUT2D eigenvalue weighted by Gasteiger charge is -2.29. The molecule has 0 radical (unpaired) electrons. The van der Waals surface area contributed by atoms with Gasteiger partial charge >= 0.3 is 5.97 Å². The van der Waals surface area contributed by atoms with Gasteiger partial charge in [0.25, 0.3) is 0 Å². The molecule has 0 fully saturated rings. The number of aliphatic hydroxyl groups is 1. The van der Waals surface area contributed by atoms with Crippen LogP contribution in [0.25, 0.3) is 0 Å². The molecule has 4 nitrogen and oxygen atoms in total. The molecule has 0 bridgehead atoms. The highest BCUT2D eigenvalue weighted by atomic mass is 79.9. The number of hydrogen-bond acceptors (Lipinski definition) is 4. The first kappa shape index (κ1) is 17.4. The van der Waals surface area contributed by atoms with Gasteiger partial charge in [0, 0.05) is 5.56 Å². The smallest absolute Gasteiger partial charge is 0.347 e. The van der Waals surface area contributed by atoms with E-state index in [1.165, 1.54) is 0 Å². The average Bonchev–Trinajstić information content (AvgIpc) is 2.61. The second kappa shape index (κ2) is 7.53. The Morgan fingerprint density at radius 1 is 1.09 bits per heavy atom. The van der Waals surface area contributed by atoms with Crippen molar-refractivity contribution in [2.45, 2.75) is 16.8 Å². The van der Waals surface area contributed by atoms with Gasteiger partial charge in [-0.05, 0) is 12.0 Å². The van der Waals surface area contributed by atoms with Gasteiger partial charge in [0.15, 0.2) is 0 Å². The number of carbonyl (C=O) groups is 2. The number of benzene rings is 2. The Morgan fingerprint density at radius 2 is 1.61 bits per heavy atom. The highest BCUT2D eigenvalue weighted by Gasteiger charge is 2.51. The van der Waals surface area contributed by atoms with Gasteiger partial charge in [-0.25, -0.2) is 4.79 Å². The van der Waals surface area contributed by atoms with Gasteiger partial charge in [0.2, 0.25) is 11.4 Å². The zero-order chi connectivity index (χ0) is 16.9. The van der Waals surface area contributed by atoms with Crippen molar-refractivity contribution in [3.63, 3.8) is 0 Å². The van der Waals surface area contributed by atoms with Gasteiger partial charge in [0.05, 0.1) is 11.9 Å². The standard InChI is InChI=1S/C18H17BrO4/c1-23-17(21)18(22,16(20)14-10-6-3-7-11-14)15(19)12-13-8-4-2-5-9-13/h2-11,15,22H,12H2,1H3/t15-,18-/m0/s1. The Bertz CT molecular complexity index is 672. The molecule has 0 heterocycles. The van der Waals surface area contributed by atoms with E-state index in [1.807, 2.05) is 30.3 Å². The fourth-order valence-electron chi connectivity index (χ4n) is 2.30. The van der Waals surface area contributed by atoms with Crippen molar-refractivity contribution >= 4 is 27.7 Å². The van der Waals surface area contributed by atoms with Gasteiger partial charge in [-0.15, -0.1) is 0 Å². The van der Waals surface area contributed by atoms with Crippen LogP contribution in [0.1, 0.15) is 15.9 Å². The summed E-state index contributed by atoms with van der Waals surface area (Å²) in [7, 11) is 1.15. The summed E-state index contributed by atoms with van der Waals surface area (Å²) < 4.78 is 4.68. The van der Waals surface area contributed by atoms with E-state index in [2.05, 4.69) is 20.7 Å². The van der Waals surface area contributed by atoms with Crippen molar-refractivity contribution in [1.29, 1.82) is 0 Å². The summed E-state index contributed by atoms with van der Waals surface area (Å²) in [5.41, 5.74) is -1.16. The normalized spacial score (nSPS) is 14.6. The summed E-state index contributed by atoms with van der Waals surface area (Å²) in [6.07, 6.45) is 0.297. The number of Topliss-reactive ketones (excluding diaryl/α,β-unsaturated/α-hetero) is 1. The Morgan fingerprint density at radius 3 is 2.13 bits per heavy atom. The van der Waals surface area contributed by atoms with Crippen molar-refractivity contribution < 1.29 is 19.4 Å². The molecule has 2 rings (SSSR count). The summed E-state index contributed by atoms with van der Waals surface area (Å²) in [5.74, 6) is -1.67. The number of rotatable bonds is 6. The quantitative estimate of drug-likeness (QED) is 0.364. The van der Waals surface area contributed by atoms with Crippen LogP contribution in [-0.4, -0.2) is 34.4 Å². The summed E-state index contributed by atoms with van der Waals surface area (Å²) in [4.78, 5) is 24.1. The van der Waals surface area contributed by atoms with Crippen LogP contribution < -0.4 is 0 Å². The van der Waals surface area contributed by atoms with Crippen molar-refractivity contribution in [3.05, 3.63) is 71.8 Å². The molecule has 0 aliphatic heterocycles. The Labute approximate surface area is 143 Å². The number of ketones is 1. The van der Waals surface area contributed by atoms with E-state index < -0.39 is 22.2 Å². The van der Waals surface area contributed by atoms with Gasteiger partial charge in [-0.3, -0.25) is 4.79 Å². The highest BCUT2D eigenvalue weighted by Crippen LogP contribution is 2.28. The van der Waals surface area contributed by atoms with Gasteiger partial charge in [0.1, 0.15) is 0 Å². The number of hydrogen-bond donors (Lipinski definition) is 1. The van der Waals surface area contributed by atoms with E-state index in [0.717, 1.165) is 12.7 Å². The molecule has 23 heavy (non-hydrogen) atoms. The molecular weight excluding hydrogens is 360 g/mol. The third kappa shape index (κ3) is 3.68. The van der Waals surface area contributed by atoms with E-state index in [9.17, 15) is 14.7 Å². The van der Waals surface area contributed by atoms with Crippen LogP contribution in [0.3, 0.4) is 0 Å². The molecule has 0 saturated carbocycles. The SMILES string of the molecule is COC(=O)[C@@](O)(C(=O)c1ccccc1)[C@@H](Br)Cc1ccccc1. The average molecular weight is 377 g/mol. The number of alkyl halides is 1. The summed E-state index contributed by atoms with van der Waals surface area (Å²) in [5, 5.41) is 10.9. The number of halogens is 1. The zero-order valence-electron chi connectivity index (χ0n) is 12.6. The molecule has 5 heteroatoms. The predicted octanol–water partition coefficient (Wildman–Crippen LogP) is 2.78. The molecule has 2 aromatic rings. The second-order valence-corrected chi connectivity index (χ2v) is 6.22. The number of esters is 1. The van der Waals surface area contributed by atoms with Crippen LogP contribution in [0.5, 0.6) is 0 Å². The van der Waals surface area contributed by atoms with E-state index >= 15 is 0 Å². The summed E-state index contributed by atoms with van der Waals surface area (Å²) in [6, 6.07) is 17.5. The van der Waals surface area contributed by atoms with Crippen molar-refractivity contribution in [3.8, 4) is 0 Å². The zero-order valence-corrected chi connectivity index (χ0v) is 14.2. The van der Waals surface area contributed by atoms with Crippen LogP contribution in [0.15, 0.2) is 60.7 Å². The highest BCUT2D eigenvalue weighted by molar-refractivity contribution is 9.09. The first-order valence-corrected chi connectivity index (χ1v) is 8.00. The van der Waals surface area contributed by atoms with E-state index in [-0.39, 0.29) is 5.56 Å². The molecule has 2 atom stereocenters. The Hall–Kier alpha value is -1.98. The van der Waals surface area contributed by atoms with Crippen molar-refractivity contribution in [1.82, 2.24) is 0 Å². The van der Waals surface area contributed by atoms with Crippen LogP contribution in [0.4, 0.5) is 0 Å². The molecule has 0 unspecified atom stereocenters. The molecule has 2 aromatic carbocycles. The van der Waals surface area contributed by atoms with Crippen LogP contribution in [-0.2, 0) is 16.0 Å². The molecule has 0 aliphatic carbocycles. The van der Waals surface area contributed by atoms with Crippen molar-refractivity contribution in [2.24, 2.45) is 0 Å². The molecule has 0 saturated heterocycles. The van der Waals surface area contributed by atoms with Crippen LogP contribution >= 0.6 is 15.9 Å². The van der Waals surface area contributed by atoms with E-state index in [1.54, 1.807) is 30.3 Å². The maximum Gasteiger partial charge on any atom is 0.347 e. The molecule has 0 aromatic heterocycles. The third-order valence-corrected chi connectivity index (χ3v) is 4.58. The minimum atomic E-state index is -2.30. The molecule has 120 valence electrons. The maximum atomic E-state index is 12.7. The van der Waals surface area contributed by atoms with Gasteiger partial charge < -0.3 is 9.84 Å². The fraction of sp³-hybridized carbons (Fsp3) is 0.222. The first-order chi connectivity index (χ1) is 11.0.